The number of aromatic nitrogens is 2. The third-order valence-corrected chi connectivity index (χ3v) is 4.01. The van der Waals surface area contributed by atoms with Gasteiger partial charge in [-0.2, -0.15) is 5.10 Å². The fourth-order valence-electron chi connectivity index (χ4n) is 2.58. The molecule has 0 saturated heterocycles. The Morgan fingerprint density at radius 2 is 2.00 bits per heavy atom. The second-order valence-corrected chi connectivity index (χ2v) is 6.57. The molecule has 1 aromatic heterocycles. The summed E-state index contributed by atoms with van der Waals surface area (Å²) in [6, 6.07) is 13.9. The van der Waals surface area contributed by atoms with Crippen LogP contribution in [0.5, 0.6) is 0 Å². The predicted octanol–water partition coefficient (Wildman–Crippen LogP) is 4.18. The van der Waals surface area contributed by atoms with Crippen LogP contribution >= 0.6 is 11.6 Å². The molecular weight excluding hydrogens is 334 g/mol. The van der Waals surface area contributed by atoms with Crippen molar-refractivity contribution in [2.45, 2.75) is 13.5 Å². The SMILES string of the molecule is CC(=NNc1ncnc2cc(Cl)ccc12)c1cccc(CN(C)C)c1. The quantitative estimate of drug-likeness (QED) is 0.552. The Bertz CT molecular complexity index is 921. The van der Waals surface area contributed by atoms with E-state index < -0.39 is 0 Å². The van der Waals surface area contributed by atoms with E-state index in [4.69, 9.17) is 11.6 Å². The Morgan fingerprint density at radius 1 is 1.16 bits per heavy atom. The van der Waals surface area contributed by atoms with Crippen LogP contribution < -0.4 is 5.43 Å². The molecule has 0 bridgehead atoms. The van der Waals surface area contributed by atoms with Crippen molar-refractivity contribution < 1.29 is 0 Å². The first-order chi connectivity index (χ1) is 12.0. The molecule has 0 amide bonds. The van der Waals surface area contributed by atoms with Gasteiger partial charge in [-0.1, -0.05) is 29.8 Å². The second kappa shape index (κ2) is 7.59. The molecule has 1 heterocycles. The lowest BCUT2D eigenvalue weighted by Crippen LogP contribution is -2.11. The molecular formula is C19H20ClN5. The lowest BCUT2D eigenvalue weighted by Gasteiger charge is -2.11. The van der Waals surface area contributed by atoms with Crippen LogP contribution in [0.1, 0.15) is 18.1 Å². The maximum absolute atomic E-state index is 6.02. The van der Waals surface area contributed by atoms with Crippen LogP contribution in [0.25, 0.3) is 10.9 Å². The monoisotopic (exact) mass is 353 g/mol. The molecule has 3 aromatic rings. The van der Waals surface area contributed by atoms with E-state index in [1.807, 2.05) is 25.1 Å². The molecule has 128 valence electrons. The minimum absolute atomic E-state index is 0.648. The first kappa shape index (κ1) is 17.3. The molecule has 0 unspecified atom stereocenters. The van der Waals surface area contributed by atoms with E-state index in [0.717, 1.165) is 28.7 Å². The van der Waals surface area contributed by atoms with Gasteiger partial charge in [-0.15, -0.1) is 0 Å². The predicted molar refractivity (Wildman–Crippen MR) is 104 cm³/mol. The number of fused-ring (bicyclic) bond motifs is 1. The van der Waals surface area contributed by atoms with E-state index in [2.05, 4.69) is 63.8 Å². The van der Waals surface area contributed by atoms with Gasteiger partial charge in [-0.05, 0) is 56.4 Å². The highest BCUT2D eigenvalue weighted by molar-refractivity contribution is 6.31. The Balaban J connectivity index is 1.84. The number of hydrogen-bond donors (Lipinski definition) is 1. The summed E-state index contributed by atoms with van der Waals surface area (Å²) in [6.45, 7) is 2.87. The highest BCUT2D eigenvalue weighted by Gasteiger charge is 2.05. The molecule has 5 nitrogen and oxygen atoms in total. The van der Waals surface area contributed by atoms with Gasteiger partial charge in [0.2, 0.25) is 0 Å². The van der Waals surface area contributed by atoms with Crippen molar-refractivity contribution in [1.29, 1.82) is 0 Å². The Morgan fingerprint density at radius 3 is 2.80 bits per heavy atom. The summed E-state index contributed by atoms with van der Waals surface area (Å²) in [5, 5.41) is 6.01. The Labute approximate surface area is 152 Å². The van der Waals surface area contributed by atoms with Crippen LogP contribution in [-0.4, -0.2) is 34.7 Å². The number of hydrogen-bond acceptors (Lipinski definition) is 5. The summed E-state index contributed by atoms with van der Waals surface area (Å²) < 4.78 is 0. The summed E-state index contributed by atoms with van der Waals surface area (Å²) >= 11 is 6.02. The molecule has 0 radical (unpaired) electrons. The summed E-state index contributed by atoms with van der Waals surface area (Å²) in [5.74, 6) is 0.658. The molecule has 6 heteroatoms. The number of halogens is 1. The van der Waals surface area contributed by atoms with Crippen LogP contribution in [0.4, 0.5) is 5.82 Å². The fourth-order valence-corrected chi connectivity index (χ4v) is 2.75. The van der Waals surface area contributed by atoms with Gasteiger partial charge in [-0.25, -0.2) is 9.97 Å². The number of benzene rings is 2. The number of hydrazone groups is 1. The number of nitrogens with zero attached hydrogens (tertiary/aromatic N) is 4. The van der Waals surface area contributed by atoms with Gasteiger partial charge in [0.25, 0.3) is 0 Å². The molecule has 25 heavy (non-hydrogen) atoms. The van der Waals surface area contributed by atoms with E-state index >= 15 is 0 Å². The first-order valence-corrected chi connectivity index (χ1v) is 8.35. The Hall–Kier alpha value is -2.50. The normalized spacial score (nSPS) is 12.0. The van der Waals surface area contributed by atoms with Gasteiger partial charge in [0.1, 0.15) is 6.33 Å². The molecule has 0 saturated carbocycles. The maximum Gasteiger partial charge on any atom is 0.157 e. The van der Waals surface area contributed by atoms with Gasteiger partial charge in [0, 0.05) is 17.0 Å². The van der Waals surface area contributed by atoms with Crippen molar-refractivity contribution in [3.05, 3.63) is 64.9 Å². The van der Waals surface area contributed by atoms with E-state index in [1.54, 1.807) is 0 Å². The molecule has 1 N–H and O–H groups in total. The highest BCUT2D eigenvalue weighted by atomic mass is 35.5. The summed E-state index contributed by atoms with van der Waals surface area (Å²) in [6.07, 6.45) is 1.50. The van der Waals surface area contributed by atoms with E-state index in [-0.39, 0.29) is 0 Å². The van der Waals surface area contributed by atoms with Crippen molar-refractivity contribution in [1.82, 2.24) is 14.9 Å². The van der Waals surface area contributed by atoms with Gasteiger partial charge in [0.05, 0.1) is 11.2 Å². The molecule has 0 fully saturated rings. The van der Waals surface area contributed by atoms with Gasteiger partial charge < -0.3 is 4.90 Å². The standard InChI is InChI=1S/C19H20ClN5/c1-13(15-6-4-5-14(9-15)11-25(2)3)23-24-19-17-8-7-16(20)10-18(17)21-12-22-19/h4-10,12H,11H2,1-3H3,(H,21,22,24). The minimum atomic E-state index is 0.648. The largest absolute Gasteiger partial charge is 0.305 e. The lowest BCUT2D eigenvalue weighted by molar-refractivity contribution is 0.402. The molecule has 2 aromatic carbocycles. The fraction of sp³-hybridized carbons (Fsp3) is 0.211. The van der Waals surface area contributed by atoms with E-state index in [9.17, 15) is 0 Å². The van der Waals surface area contributed by atoms with E-state index in [0.29, 0.717) is 10.8 Å². The van der Waals surface area contributed by atoms with Crippen molar-refractivity contribution in [3.8, 4) is 0 Å². The summed E-state index contributed by atoms with van der Waals surface area (Å²) in [4.78, 5) is 10.7. The summed E-state index contributed by atoms with van der Waals surface area (Å²) in [7, 11) is 4.11. The zero-order valence-electron chi connectivity index (χ0n) is 14.5. The van der Waals surface area contributed by atoms with Crippen LogP contribution in [0.15, 0.2) is 53.9 Å². The topological polar surface area (TPSA) is 53.4 Å². The smallest absolute Gasteiger partial charge is 0.157 e. The highest BCUT2D eigenvalue weighted by Crippen LogP contribution is 2.22. The van der Waals surface area contributed by atoms with Crippen LogP contribution in [0, 0.1) is 0 Å². The maximum atomic E-state index is 6.02. The molecule has 0 aliphatic carbocycles. The minimum Gasteiger partial charge on any atom is -0.305 e. The average molecular weight is 354 g/mol. The van der Waals surface area contributed by atoms with Crippen molar-refractivity contribution in [3.63, 3.8) is 0 Å². The molecule has 0 aliphatic heterocycles. The molecule has 3 rings (SSSR count). The van der Waals surface area contributed by atoms with Crippen LogP contribution in [0.3, 0.4) is 0 Å². The molecule has 0 aliphatic rings. The number of rotatable bonds is 5. The zero-order valence-corrected chi connectivity index (χ0v) is 15.2. The first-order valence-electron chi connectivity index (χ1n) is 7.97. The third-order valence-electron chi connectivity index (χ3n) is 3.77. The number of anilines is 1. The Kier molecular flexibility index (Phi) is 5.26. The number of nitrogens with one attached hydrogen (secondary N) is 1. The van der Waals surface area contributed by atoms with Crippen LogP contribution in [0.2, 0.25) is 5.02 Å². The second-order valence-electron chi connectivity index (χ2n) is 6.13. The van der Waals surface area contributed by atoms with E-state index in [1.165, 1.54) is 11.9 Å². The molecule has 0 atom stereocenters. The zero-order chi connectivity index (χ0) is 17.8. The summed E-state index contributed by atoms with van der Waals surface area (Å²) in [5.41, 5.74) is 7.05. The third kappa shape index (κ3) is 4.32. The molecule has 0 spiro atoms. The van der Waals surface area contributed by atoms with Gasteiger partial charge in [-0.3, -0.25) is 5.43 Å². The average Bonchev–Trinajstić information content (AvgIpc) is 2.59. The van der Waals surface area contributed by atoms with Crippen LogP contribution in [-0.2, 0) is 6.54 Å². The van der Waals surface area contributed by atoms with Crippen molar-refractivity contribution >= 4 is 34.0 Å². The van der Waals surface area contributed by atoms with Gasteiger partial charge in [0.15, 0.2) is 5.82 Å². The van der Waals surface area contributed by atoms with Gasteiger partial charge >= 0.3 is 0 Å². The van der Waals surface area contributed by atoms with Crippen molar-refractivity contribution in [2.75, 3.05) is 19.5 Å². The lowest BCUT2D eigenvalue weighted by atomic mass is 10.1. The van der Waals surface area contributed by atoms with Crippen molar-refractivity contribution in [2.24, 2.45) is 5.10 Å².